The molecule has 1 heteroatoms. The van der Waals surface area contributed by atoms with E-state index >= 15 is 0 Å². The summed E-state index contributed by atoms with van der Waals surface area (Å²) in [7, 11) is 0. The summed E-state index contributed by atoms with van der Waals surface area (Å²) in [6, 6.07) is 4.04. The van der Waals surface area contributed by atoms with E-state index < -0.39 is 0 Å². The number of rotatable bonds is 0. The molecule has 0 radical (unpaired) electrons. The highest BCUT2D eigenvalue weighted by atomic mass is 14.6. The lowest BCUT2D eigenvalue weighted by molar-refractivity contribution is 1.19. The Morgan fingerprint density at radius 3 is 2.64 bits per heavy atom. The Morgan fingerprint density at radius 1 is 1.45 bits per heavy atom. The summed E-state index contributed by atoms with van der Waals surface area (Å²) in [6.07, 6.45) is 3.91. The van der Waals surface area contributed by atoms with Crippen molar-refractivity contribution in [2.75, 3.05) is 0 Å². The molecule has 58 valence electrons. The molecule has 0 aromatic carbocycles. The van der Waals surface area contributed by atoms with E-state index in [4.69, 9.17) is 0 Å². The number of hydrogen-bond acceptors (Lipinski definition) is 1. The summed E-state index contributed by atoms with van der Waals surface area (Å²) < 4.78 is 0. The van der Waals surface area contributed by atoms with Gasteiger partial charge in [-0.1, -0.05) is 17.7 Å². The van der Waals surface area contributed by atoms with Gasteiger partial charge in [-0.25, -0.2) is 0 Å². The molecule has 1 aromatic rings. The molecular weight excluding hydrogens is 134 g/mol. The van der Waals surface area contributed by atoms with E-state index in [1.807, 2.05) is 19.2 Å². The molecule has 1 aromatic heterocycles. The lowest BCUT2D eigenvalue weighted by Gasteiger charge is -1.90. The molecule has 0 saturated carbocycles. The van der Waals surface area contributed by atoms with Crippen molar-refractivity contribution >= 4 is 11.6 Å². The maximum atomic E-state index is 4.28. The van der Waals surface area contributed by atoms with Crippen LogP contribution in [0.25, 0.3) is 11.6 Å². The normalized spacial score (nSPS) is 11.7. The van der Waals surface area contributed by atoms with E-state index in [0.29, 0.717) is 0 Å². The van der Waals surface area contributed by atoms with E-state index in [1.165, 1.54) is 10.8 Å². The molecule has 0 fully saturated rings. The first-order valence-corrected chi connectivity index (χ1v) is 3.80. The second-order valence-electron chi connectivity index (χ2n) is 2.73. The van der Waals surface area contributed by atoms with Gasteiger partial charge in [-0.3, -0.25) is 4.98 Å². The first-order valence-electron chi connectivity index (χ1n) is 3.80. The van der Waals surface area contributed by atoms with Crippen molar-refractivity contribution in [3.8, 4) is 0 Å². The molecule has 0 unspecified atom stereocenters. The molecule has 1 rings (SSSR count). The van der Waals surface area contributed by atoms with Crippen molar-refractivity contribution in [1.29, 1.82) is 0 Å². The molecule has 0 atom stereocenters. The van der Waals surface area contributed by atoms with Crippen LogP contribution in [-0.2, 0) is 0 Å². The van der Waals surface area contributed by atoms with Crippen LogP contribution in [0.3, 0.4) is 0 Å². The van der Waals surface area contributed by atoms with E-state index in [-0.39, 0.29) is 0 Å². The third-order valence-electron chi connectivity index (χ3n) is 1.62. The average Bonchev–Trinajstić information content (AvgIpc) is 2.04. The largest absolute Gasteiger partial charge is 0.256 e. The molecule has 11 heavy (non-hydrogen) atoms. The van der Waals surface area contributed by atoms with Crippen LogP contribution in [0.2, 0.25) is 0 Å². The molecule has 0 amide bonds. The fourth-order valence-electron chi connectivity index (χ4n) is 1.07. The maximum absolute atomic E-state index is 4.28. The number of hydrogen-bond donors (Lipinski definition) is 0. The Morgan fingerprint density at radius 2 is 2.18 bits per heavy atom. The van der Waals surface area contributed by atoms with Crippen LogP contribution in [0.15, 0.2) is 18.3 Å². The minimum atomic E-state index is 1.11. The minimum Gasteiger partial charge on any atom is -0.256 e. The van der Waals surface area contributed by atoms with Gasteiger partial charge >= 0.3 is 0 Å². The Hall–Kier alpha value is -1.11. The zero-order valence-electron chi connectivity index (χ0n) is 7.26. The van der Waals surface area contributed by atoms with Crippen molar-refractivity contribution in [1.82, 2.24) is 4.98 Å². The zero-order chi connectivity index (χ0) is 8.27. The molecule has 0 saturated heterocycles. The number of nitrogens with zero attached hydrogens (tertiary/aromatic N) is 1. The van der Waals surface area contributed by atoms with Gasteiger partial charge in [-0.15, -0.1) is 0 Å². The molecule has 0 aliphatic rings. The van der Waals surface area contributed by atoms with Gasteiger partial charge in [-0.05, 0) is 32.1 Å². The second-order valence-corrected chi connectivity index (χ2v) is 2.73. The fourth-order valence-corrected chi connectivity index (χ4v) is 1.07. The minimum absolute atomic E-state index is 1.11. The highest BCUT2D eigenvalue weighted by molar-refractivity contribution is 5.37. The van der Waals surface area contributed by atoms with Crippen LogP contribution in [-0.4, -0.2) is 4.98 Å². The Bertz CT molecular complexity index is 345. The van der Waals surface area contributed by atoms with Crippen molar-refractivity contribution in [3.63, 3.8) is 0 Å². The summed E-state index contributed by atoms with van der Waals surface area (Å²) >= 11 is 0. The molecule has 1 heterocycles. The van der Waals surface area contributed by atoms with Crippen LogP contribution in [0.4, 0.5) is 0 Å². The predicted molar refractivity (Wildman–Crippen MR) is 48.4 cm³/mol. The zero-order valence-corrected chi connectivity index (χ0v) is 7.26. The standard InChI is InChI=1S/C10H13N/c1-4-9-6-5-7-11-10(9)8(2)3/h4-7H,1-3H3/b9-4-. The van der Waals surface area contributed by atoms with Crippen molar-refractivity contribution in [3.05, 3.63) is 28.9 Å². The van der Waals surface area contributed by atoms with Gasteiger partial charge in [-0.2, -0.15) is 0 Å². The Balaban J connectivity index is 3.64. The Labute approximate surface area is 67.1 Å². The van der Waals surface area contributed by atoms with Gasteiger partial charge in [0.05, 0.1) is 5.35 Å². The van der Waals surface area contributed by atoms with Gasteiger partial charge in [0.15, 0.2) is 0 Å². The molecule has 0 aliphatic carbocycles. The van der Waals surface area contributed by atoms with E-state index in [9.17, 15) is 0 Å². The molecule has 0 aliphatic heterocycles. The first-order chi connectivity index (χ1) is 5.25. The fraction of sp³-hybridized carbons (Fsp3) is 0.300. The summed E-state index contributed by atoms with van der Waals surface area (Å²) in [5.41, 5.74) is 1.26. The van der Waals surface area contributed by atoms with Crippen molar-refractivity contribution < 1.29 is 0 Å². The van der Waals surface area contributed by atoms with Gasteiger partial charge in [0.25, 0.3) is 0 Å². The smallest absolute Gasteiger partial charge is 0.0685 e. The van der Waals surface area contributed by atoms with Crippen molar-refractivity contribution in [2.24, 2.45) is 0 Å². The van der Waals surface area contributed by atoms with E-state index in [1.54, 1.807) is 0 Å². The highest BCUT2D eigenvalue weighted by Crippen LogP contribution is 1.80. The van der Waals surface area contributed by atoms with E-state index in [2.05, 4.69) is 31.0 Å². The highest BCUT2D eigenvalue weighted by Gasteiger charge is 1.85. The molecule has 1 nitrogen and oxygen atoms in total. The lowest BCUT2D eigenvalue weighted by Crippen LogP contribution is -2.28. The Kier molecular flexibility index (Phi) is 2.42. The van der Waals surface area contributed by atoms with Gasteiger partial charge in [0.1, 0.15) is 0 Å². The summed E-state index contributed by atoms with van der Waals surface area (Å²) in [5.74, 6) is 0. The molecule has 0 N–H and O–H groups in total. The van der Waals surface area contributed by atoms with Crippen LogP contribution in [0.5, 0.6) is 0 Å². The SMILES string of the molecule is C/C=c1/cccnc1=C(C)C. The van der Waals surface area contributed by atoms with Gasteiger partial charge < -0.3 is 0 Å². The summed E-state index contributed by atoms with van der Waals surface area (Å²) in [4.78, 5) is 4.28. The van der Waals surface area contributed by atoms with Crippen molar-refractivity contribution in [2.45, 2.75) is 20.8 Å². The van der Waals surface area contributed by atoms with Crippen LogP contribution < -0.4 is 10.6 Å². The number of aromatic nitrogens is 1. The lowest BCUT2D eigenvalue weighted by atomic mass is 10.2. The average molecular weight is 147 g/mol. The maximum Gasteiger partial charge on any atom is 0.0685 e. The predicted octanol–water partition coefficient (Wildman–Crippen LogP) is 1.07. The summed E-state index contributed by atoms with van der Waals surface area (Å²) in [6.45, 7) is 6.19. The van der Waals surface area contributed by atoms with Crippen LogP contribution >= 0.6 is 0 Å². The molecule has 0 spiro atoms. The molecular formula is C10H13N. The molecule has 0 bridgehead atoms. The summed E-state index contributed by atoms with van der Waals surface area (Å²) in [5, 5.41) is 2.32. The topological polar surface area (TPSA) is 12.9 Å². The van der Waals surface area contributed by atoms with Gasteiger partial charge in [0, 0.05) is 6.20 Å². The monoisotopic (exact) mass is 147 g/mol. The third-order valence-corrected chi connectivity index (χ3v) is 1.62. The quantitative estimate of drug-likeness (QED) is 0.535. The first kappa shape index (κ1) is 7.99. The van der Waals surface area contributed by atoms with Gasteiger partial charge in [0.2, 0.25) is 0 Å². The third kappa shape index (κ3) is 1.67. The second kappa shape index (κ2) is 3.33. The van der Waals surface area contributed by atoms with Crippen LogP contribution in [0.1, 0.15) is 20.8 Å². The van der Waals surface area contributed by atoms with E-state index in [0.717, 1.165) is 5.35 Å². The van der Waals surface area contributed by atoms with Crippen LogP contribution in [0, 0.1) is 0 Å². The number of pyridine rings is 1.